The van der Waals surface area contributed by atoms with Gasteiger partial charge in [-0.05, 0) is 19.1 Å². The van der Waals surface area contributed by atoms with Gasteiger partial charge >= 0.3 is 0 Å². The standard InChI is InChI=1S/C13H15ClN2/c1-2-16(10-8-14)13-7-9-15-12-6-4-3-5-11(12)13/h3-7,9H,2,8,10H2,1H3. The highest BCUT2D eigenvalue weighted by Crippen LogP contribution is 2.24. The summed E-state index contributed by atoms with van der Waals surface area (Å²) in [5.74, 6) is 0.643. The summed E-state index contributed by atoms with van der Waals surface area (Å²) in [6.07, 6.45) is 1.86. The number of hydrogen-bond acceptors (Lipinski definition) is 2. The lowest BCUT2D eigenvalue weighted by Crippen LogP contribution is -2.25. The summed E-state index contributed by atoms with van der Waals surface area (Å²) in [6, 6.07) is 10.2. The van der Waals surface area contributed by atoms with Crippen LogP contribution in [0.3, 0.4) is 0 Å². The summed E-state index contributed by atoms with van der Waals surface area (Å²) in [7, 11) is 0. The molecular weight excluding hydrogens is 220 g/mol. The van der Waals surface area contributed by atoms with Gasteiger partial charge in [0.15, 0.2) is 0 Å². The first kappa shape index (κ1) is 11.2. The molecule has 0 atom stereocenters. The molecule has 0 bridgehead atoms. The second kappa shape index (κ2) is 5.17. The molecule has 1 aromatic carbocycles. The van der Waals surface area contributed by atoms with E-state index in [0.29, 0.717) is 5.88 Å². The van der Waals surface area contributed by atoms with Crippen LogP contribution in [0.1, 0.15) is 6.92 Å². The van der Waals surface area contributed by atoms with Crippen LogP contribution in [0.25, 0.3) is 10.9 Å². The van der Waals surface area contributed by atoms with Crippen molar-refractivity contribution in [2.75, 3.05) is 23.9 Å². The van der Waals surface area contributed by atoms with E-state index in [1.807, 2.05) is 24.4 Å². The fourth-order valence-electron chi connectivity index (χ4n) is 1.91. The minimum absolute atomic E-state index is 0.643. The Morgan fingerprint density at radius 1 is 1.25 bits per heavy atom. The fourth-order valence-corrected chi connectivity index (χ4v) is 2.11. The van der Waals surface area contributed by atoms with Crippen LogP contribution in [0.15, 0.2) is 36.5 Å². The van der Waals surface area contributed by atoms with Gasteiger partial charge in [-0.1, -0.05) is 18.2 Å². The molecule has 0 aliphatic heterocycles. The summed E-state index contributed by atoms with van der Waals surface area (Å²) >= 11 is 5.82. The Morgan fingerprint density at radius 2 is 2.06 bits per heavy atom. The average Bonchev–Trinajstić information content (AvgIpc) is 2.35. The molecule has 16 heavy (non-hydrogen) atoms. The third kappa shape index (κ3) is 2.12. The quantitative estimate of drug-likeness (QED) is 0.755. The van der Waals surface area contributed by atoms with Gasteiger partial charge in [0.1, 0.15) is 0 Å². The van der Waals surface area contributed by atoms with Crippen molar-refractivity contribution in [2.24, 2.45) is 0 Å². The summed E-state index contributed by atoms with van der Waals surface area (Å²) in [6.45, 7) is 3.97. The Bertz CT molecular complexity index is 465. The van der Waals surface area contributed by atoms with Crippen LogP contribution in [-0.4, -0.2) is 24.0 Å². The number of para-hydroxylation sites is 1. The molecule has 84 valence electrons. The van der Waals surface area contributed by atoms with Gasteiger partial charge in [0.05, 0.1) is 5.52 Å². The summed E-state index contributed by atoms with van der Waals surface area (Å²) in [5.41, 5.74) is 2.25. The molecule has 2 aromatic rings. The molecule has 1 heterocycles. The van der Waals surface area contributed by atoms with E-state index in [1.54, 1.807) is 0 Å². The highest BCUT2D eigenvalue weighted by molar-refractivity contribution is 6.18. The SMILES string of the molecule is CCN(CCCl)c1ccnc2ccccc12. The van der Waals surface area contributed by atoms with Crippen molar-refractivity contribution in [3.63, 3.8) is 0 Å². The molecule has 0 aliphatic rings. The zero-order chi connectivity index (χ0) is 11.4. The molecule has 3 heteroatoms. The number of aromatic nitrogens is 1. The Labute approximate surface area is 101 Å². The predicted octanol–water partition coefficient (Wildman–Crippen LogP) is 3.30. The molecule has 0 radical (unpaired) electrons. The molecule has 2 nitrogen and oxygen atoms in total. The lowest BCUT2D eigenvalue weighted by atomic mass is 10.1. The number of alkyl halides is 1. The van der Waals surface area contributed by atoms with Crippen molar-refractivity contribution in [3.8, 4) is 0 Å². The number of hydrogen-bond donors (Lipinski definition) is 0. The lowest BCUT2D eigenvalue weighted by Gasteiger charge is -2.23. The zero-order valence-electron chi connectivity index (χ0n) is 9.36. The van der Waals surface area contributed by atoms with Crippen LogP contribution in [0.4, 0.5) is 5.69 Å². The largest absolute Gasteiger partial charge is 0.370 e. The summed E-state index contributed by atoms with van der Waals surface area (Å²) < 4.78 is 0. The van der Waals surface area contributed by atoms with E-state index in [9.17, 15) is 0 Å². The molecule has 0 saturated heterocycles. The number of fused-ring (bicyclic) bond motifs is 1. The smallest absolute Gasteiger partial charge is 0.0722 e. The number of rotatable bonds is 4. The topological polar surface area (TPSA) is 16.1 Å². The van der Waals surface area contributed by atoms with Gasteiger partial charge in [-0.15, -0.1) is 11.6 Å². The predicted molar refractivity (Wildman–Crippen MR) is 70.4 cm³/mol. The first-order chi connectivity index (χ1) is 7.86. The van der Waals surface area contributed by atoms with E-state index >= 15 is 0 Å². The maximum Gasteiger partial charge on any atom is 0.0722 e. The molecule has 0 spiro atoms. The van der Waals surface area contributed by atoms with Crippen LogP contribution in [0.5, 0.6) is 0 Å². The number of pyridine rings is 1. The van der Waals surface area contributed by atoms with Crippen molar-refractivity contribution in [1.29, 1.82) is 0 Å². The molecule has 0 fully saturated rings. The van der Waals surface area contributed by atoms with Gasteiger partial charge in [-0.2, -0.15) is 0 Å². The monoisotopic (exact) mass is 234 g/mol. The van der Waals surface area contributed by atoms with Gasteiger partial charge in [0.2, 0.25) is 0 Å². The van der Waals surface area contributed by atoms with Crippen molar-refractivity contribution in [2.45, 2.75) is 6.92 Å². The maximum atomic E-state index is 5.82. The van der Waals surface area contributed by atoms with Crippen molar-refractivity contribution in [1.82, 2.24) is 4.98 Å². The Hall–Kier alpha value is -1.28. The molecule has 0 N–H and O–H groups in total. The zero-order valence-corrected chi connectivity index (χ0v) is 10.1. The van der Waals surface area contributed by atoms with Gasteiger partial charge in [-0.3, -0.25) is 4.98 Å². The maximum absolute atomic E-state index is 5.82. The first-order valence-corrected chi connectivity index (χ1v) is 6.05. The summed E-state index contributed by atoms with van der Waals surface area (Å²) in [5, 5.41) is 1.19. The molecule has 0 aliphatic carbocycles. The molecular formula is C13H15ClN2. The Kier molecular flexibility index (Phi) is 3.62. The molecule has 0 saturated carbocycles. The van der Waals surface area contributed by atoms with Crippen LogP contribution in [-0.2, 0) is 0 Å². The number of nitrogens with zero attached hydrogens (tertiary/aromatic N) is 2. The van der Waals surface area contributed by atoms with E-state index in [0.717, 1.165) is 18.6 Å². The van der Waals surface area contributed by atoms with Crippen LogP contribution in [0, 0.1) is 0 Å². The van der Waals surface area contributed by atoms with Gasteiger partial charge in [-0.25, -0.2) is 0 Å². The molecule has 2 rings (SSSR count). The molecule has 0 unspecified atom stereocenters. The highest BCUT2D eigenvalue weighted by Gasteiger charge is 2.07. The Morgan fingerprint density at radius 3 is 2.81 bits per heavy atom. The van der Waals surface area contributed by atoms with Gasteiger partial charge in [0, 0.05) is 36.2 Å². The minimum Gasteiger partial charge on any atom is -0.370 e. The third-order valence-electron chi connectivity index (χ3n) is 2.70. The van der Waals surface area contributed by atoms with Crippen LogP contribution < -0.4 is 4.90 Å². The second-order valence-electron chi connectivity index (χ2n) is 3.62. The van der Waals surface area contributed by atoms with Gasteiger partial charge < -0.3 is 4.90 Å². The van der Waals surface area contributed by atoms with E-state index in [4.69, 9.17) is 11.6 Å². The summed E-state index contributed by atoms with van der Waals surface area (Å²) in [4.78, 5) is 6.63. The number of benzene rings is 1. The van der Waals surface area contributed by atoms with E-state index < -0.39 is 0 Å². The fraction of sp³-hybridized carbons (Fsp3) is 0.308. The van der Waals surface area contributed by atoms with E-state index in [1.165, 1.54) is 11.1 Å². The molecule has 0 amide bonds. The van der Waals surface area contributed by atoms with Crippen molar-refractivity contribution < 1.29 is 0 Å². The average molecular weight is 235 g/mol. The minimum atomic E-state index is 0.643. The van der Waals surface area contributed by atoms with Gasteiger partial charge in [0.25, 0.3) is 0 Å². The Balaban J connectivity index is 2.50. The van der Waals surface area contributed by atoms with E-state index in [2.05, 4.69) is 28.9 Å². The normalized spacial score (nSPS) is 10.6. The van der Waals surface area contributed by atoms with Crippen LogP contribution in [0.2, 0.25) is 0 Å². The van der Waals surface area contributed by atoms with Crippen molar-refractivity contribution >= 4 is 28.2 Å². The number of anilines is 1. The molecule has 1 aromatic heterocycles. The first-order valence-electron chi connectivity index (χ1n) is 5.51. The third-order valence-corrected chi connectivity index (χ3v) is 2.87. The number of halogens is 1. The second-order valence-corrected chi connectivity index (χ2v) is 3.99. The van der Waals surface area contributed by atoms with Crippen molar-refractivity contribution in [3.05, 3.63) is 36.5 Å². The lowest BCUT2D eigenvalue weighted by molar-refractivity contribution is 0.873. The highest BCUT2D eigenvalue weighted by atomic mass is 35.5. The van der Waals surface area contributed by atoms with E-state index in [-0.39, 0.29) is 0 Å². The van der Waals surface area contributed by atoms with Crippen LogP contribution >= 0.6 is 11.6 Å².